The number of carbonyl (C=O) groups excluding carboxylic acids is 1. The summed E-state index contributed by atoms with van der Waals surface area (Å²) in [5.41, 5.74) is -1.82. The normalized spacial score (nSPS) is 40.0. The third kappa shape index (κ3) is 12.6. The van der Waals surface area contributed by atoms with Crippen LogP contribution in [0.3, 0.4) is 0 Å². The summed E-state index contributed by atoms with van der Waals surface area (Å²) in [7, 11) is 5.36. The molecule has 0 radical (unpaired) electrons. The number of ether oxygens (including phenoxy) is 5. The number of methoxy groups -OCH3 is 1. The maximum absolute atomic E-state index is 14.6. The molecule has 3 aliphatic heterocycles. The number of nitrogens with zero attached hydrogens (tertiary/aromatic N) is 8. The molecule has 3 aliphatic rings. The Labute approximate surface area is 415 Å². The van der Waals surface area contributed by atoms with E-state index in [-0.39, 0.29) is 37.3 Å². The molecule has 19 heteroatoms. The predicted molar refractivity (Wildman–Crippen MR) is 262 cm³/mol. The number of rotatable bonds is 14. The van der Waals surface area contributed by atoms with Gasteiger partial charge in [-0.1, -0.05) is 32.9 Å². The average Bonchev–Trinajstić information content (AvgIpc) is 3.95. The van der Waals surface area contributed by atoms with E-state index in [2.05, 4.69) is 29.7 Å². The molecule has 19 nitrogen and oxygen atoms in total. The molecule has 1 unspecified atom stereocenters. The number of aliphatic hydroxyl groups excluding tert-OH is 3. The second-order valence-electron chi connectivity index (χ2n) is 22.0. The minimum atomic E-state index is -1.81. The van der Waals surface area contributed by atoms with E-state index >= 15 is 0 Å². The molecule has 3 aromatic heterocycles. The van der Waals surface area contributed by atoms with Gasteiger partial charge in [0.2, 0.25) is 0 Å². The molecule has 0 bridgehead atoms. The first-order chi connectivity index (χ1) is 32.9. The quantitative estimate of drug-likeness (QED) is 0.115. The molecule has 0 aromatic carbocycles. The average molecular weight is 987 g/mol. The van der Waals surface area contributed by atoms with E-state index < -0.39 is 95.6 Å². The monoisotopic (exact) mass is 987 g/mol. The first-order valence-corrected chi connectivity index (χ1v) is 25.7. The molecule has 3 saturated heterocycles. The largest absolute Gasteiger partial charge is 0.459 e. The molecule has 3 fully saturated rings. The summed E-state index contributed by atoms with van der Waals surface area (Å²) in [5, 5.41) is 68.9. The zero-order valence-electron chi connectivity index (χ0n) is 44.1. The summed E-state index contributed by atoms with van der Waals surface area (Å²) >= 11 is 0. The van der Waals surface area contributed by atoms with Crippen LogP contribution in [0.15, 0.2) is 30.9 Å². The Morgan fingerprint density at radius 3 is 2.39 bits per heavy atom. The van der Waals surface area contributed by atoms with Gasteiger partial charge in [-0.3, -0.25) is 9.48 Å². The van der Waals surface area contributed by atoms with Crippen LogP contribution in [0.5, 0.6) is 0 Å². The van der Waals surface area contributed by atoms with E-state index in [1.54, 1.807) is 33.9 Å². The molecule has 5 N–H and O–H groups in total. The lowest BCUT2D eigenvalue weighted by Crippen LogP contribution is -2.62. The number of cyclic esters (lactones) is 1. The van der Waals surface area contributed by atoms with Crippen LogP contribution >= 0.6 is 0 Å². The highest BCUT2D eigenvalue weighted by molar-refractivity contribution is 5.73. The summed E-state index contributed by atoms with van der Waals surface area (Å²) in [6, 6.07) is 2.91. The van der Waals surface area contributed by atoms with E-state index in [9.17, 15) is 30.3 Å². The second kappa shape index (κ2) is 23.3. The van der Waals surface area contributed by atoms with E-state index in [0.717, 1.165) is 42.8 Å². The standard InChI is InChI=1S/C51H86N8O11/c1-14-40-51(10,65)43(61)34(6)57(12)27-30(2)25-49(8,64)45(32(4)41(33(5)47(63)69-40)39-26-50(9,66-13)44(62)35(7)68-39)70-48-42(60)38(24-31(3)67-48)56(11)23-19-36-28-59(55-54-36)22-16-15-21-58-29-53-37-18-17-20-52-46(37)58/h17-18,20,28-35,38-45,48,60-62,64-65H,14-16,19,21-27H2,1-13H3/t30-,31-,32+,33-,34-,35+,38+,39?,40-,41+,42-,43-,44+,45-,48+,49-,50-,51-/m1/s1. The number of hydrogen-bond acceptors (Lipinski definition) is 17. The van der Waals surface area contributed by atoms with Crippen molar-refractivity contribution in [1.29, 1.82) is 0 Å². The predicted octanol–water partition coefficient (Wildman–Crippen LogP) is 3.60. The maximum atomic E-state index is 14.6. The number of pyridine rings is 1. The third-order valence-corrected chi connectivity index (χ3v) is 16.2. The van der Waals surface area contributed by atoms with E-state index in [4.69, 9.17) is 23.7 Å². The Morgan fingerprint density at radius 1 is 0.971 bits per heavy atom. The van der Waals surface area contributed by atoms with Gasteiger partial charge in [0.25, 0.3) is 0 Å². The van der Waals surface area contributed by atoms with Crippen molar-refractivity contribution in [2.24, 2.45) is 23.7 Å². The van der Waals surface area contributed by atoms with Crippen molar-refractivity contribution in [1.82, 2.24) is 39.3 Å². The van der Waals surface area contributed by atoms with Gasteiger partial charge in [0, 0.05) is 76.5 Å². The highest BCUT2D eigenvalue weighted by Gasteiger charge is 2.55. The number of hydrogen-bond donors (Lipinski definition) is 5. The lowest BCUT2D eigenvalue weighted by molar-refractivity contribution is -0.302. The maximum Gasteiger partial charge on any atom is 0.309 e. The molecule has 6 heterocycles. The first-order valence-electron chi connectivity index (χ1n) is 25.7. The molecule has 0 saturated carbocycles. The lowest BCUT2D eigenvalue weighted by atomic mass is 9.68. The fraction of sp³-hybridized carbons (Fsp3) is 0.824. The van der Waals surface area contributed by atoms with Gasteiger partial charge in [0.05, 0.1) is 53.6 Å². The second-order valence-corrected chi connectivity index (χ2v) is 22.0. The lowest BCUT2D eigenvalue weighted by Gasteiger charge is -2.51. The van der Waals surface area contributed by atoms with Crippen molar-refractivity contribution in [3.8, 4) is 0 Å². The van der Waals surface area contributed by atoms with Crippen LogP contribution in [-0.4, -0.2) is 189 Å². The van der Waals surface area contributed by atoms with Crippen molar-refractivity contribution >= 4 is 17.1 Å². The molecule has 3 aromatic rings. The van der Waals surface area contributed by atoms with Crippen molar-refractivity contribution in [3.05, 3.63) is 36.5 Å². The molecule has 396 valence electrons. The van der Waals surface area contributed by atoms with Gasteiger partial charge in [-0.05, 0) is 112 Å². The summed E-state index contributed by atoms with van der Waals surface area (Å²) in [4.78, 5) is 27.5. The van der Waals surface area contributed by atoms with Gasteiger partial charge < -0.3 is 63.6 Å². The molecular formula is C51H86N8O11. The highest BCUT2D eigenvalue weighted by Crippen LogP contribution is 2.45. The summed E-state index contributed by atoms with van der Waals surface area (Å²) in [6.45, 7) is 20.6. The Kier molecular flexibility index (Phi) is 18.7. The number of carbonyl (C=O) groups is 1. The molecule has 18 atom stereocenters. The van der Waals surface area contributed by atoms with Crippen LogP contribution in [-0.2, 0) is 48.0 Å². The first kappa shape index (κ1) is 56.1. The molecule has 0 aliphatic carbocycles. The van der Waals surface area contributed by atoms with Crippen molar-refractivity contribution in [3.63, 3.8) is 0 Å². The van der Waals surface area contributed by atoms with Gasteiger partial charge in [-0.15, -0.1) is 5.10 Å². The SMILES string of the molecule is CC[C@H]1OC(=O)[C@H](C)[C@@H](C2C[C@@](C)(OC)[C@@H](O)[C@H](C)O2)[C@H](C)[C@@H](O[C@@H]2O[C@H](C)C[C@H](N(C)CCc3cn(CCCCn4cnc5cccnc54)nn3)[C@H]2O)[C@](C)(O)C[C@@H](C)CN(C)[C@H](C)[C@@H](O)[C@]1(C)O. The fourth-order valence-corrected chi connectivity index (χ4v) is 11.8. The topological polar surface area (TPSA) is 232 Å². The fourth-order valence-electron chi connectivity index (χ4n) is 11.8. The van der Waals surface area contributed by atoms with Crippen LogP contribution in [0.4, 0.5) is 0 Å². The van der Waals surface area contributed by atoms with Gasteiger partial charge in [0.1, 0.15) is 35.5 Å². The van der Waals surface area contributed by atoms with Gasteiger partial charge >= 0.3 is 5.97 Å². The van der Waals surface area contributed by atoms with Crippen LogP contribution < -0.4 is 0 Å². The number of aromatic nitrogens is 6. The summed E-state index contributed by atoms with van der Waals surface area (Å²) in [5.74, 6) is -3.08. The number of likely N-dealkylation sites (N-methyl/N-ethyl adjacent to an activating group) is 2. The number of aryl methyl sites for hydroxylation is 2. The van der Waals surface area contributed by atoms with Crippen LogP contribution in [0.2, 0.25) is 0 Å². The minimum absolute atomic E-state index is 0.162. The van der Waals surface area contributed by atoms with E-state index in [0.29, 0.717) is 25.9 Å². The number of unbranched alkanes of at least 4 members (excludes halogenated alkanes) is 1. The summed E-state index contributed by atoms with van der Waals surface area (Å²) in [6.07, 6.45) is 0.835. The highest BCUT2D eigenvalue weighted by atomic mass is 16.7. The van der Waals surface area contributed by atoms with E-state index in [1.807, 2.05) is 83.0 Å². The molecular weight excluding hydrogens is 901 g/mol. The van der Waals surface area contributed by atoms with Gasteiger partial charge in [-0.2, -0.15) is 0 Å². The Balaban J connectivity index is 1.23. The number of aliphatic hydroxyl groups is 5. The molecule has 6 rings (SSSR count). The Bertz CT molecular complexity index is 2120. The van der Waals surface area contributed by atoms with Crippen molar-refractivity contribution in [2.75, 3.05) is 34.3 Å². The Hall–Kier alpha value is -3.21. The summed E-state index contributed by atoms with van der Waals surface area (Å²) < 4.78 is 36.2. The van der Waals surface area contributed by atoms with Crippen molar-refractivity contribution < 1.29 is 54.0 Å². The molecule has 0 spiro atoms. The zero-order valence-corrected chi connectivity index (χ0v) is 44.1. The Morgan fingerprint density at radius 2 is 1.69 bits per heavy atom. The van der Waals surface area contributed by atoms with Crippen LogP contribution in [0, 0.1) is 23.7 Å². The number of fused-ring (bicyclic) bond motifs is 1. The number of esters is 1. The molecule has 0 amide bonds. The van der Waals surface area contributed by atoms with Crippen molar-refractivity contribution in [2.45, 2.75) is 211 Å². The smallest absolute Gasteiger partial charge is 0.309 e. The van der Waals surface area contributed by atoms with Crippen LogP contribution in [0.25, 0.3) is 11.2 Å². The molecule has 70 heavy (non-hydrogen) atoms. The van der Waals surface area contributed by atoms with Gasteiger partial charge in [0.15, 0.2) is 11.9 Å². The van der Waals surface area contributed by atoms with Crippen LogP contribution in [0.1, 0.15) is 113 Å². The van der Waals surface area contributed by atoms with Gasteiger partial charge in [-0.25, -0.2) is 9.97 Å². The third-order valence-electron chi connectivity index (χ3n) is 16.2. The number of imidazole rings is 1. The minimum Gasteiger partial charge on any atom is -0.459 e. The zero-order chi connectivity index (χ0) is 51.5. The van der Waals surface area contributed by atoms with E-state index in [1.165, 1.54) is 14.0 Å².